The lowest BCUT2D eigenvalue weighted by Gasteiger charge is -2.29. The third-order valence-electron chi connectivity index (χ3n) is 4.68. The smallest absolute Gasteiger partial charge is 0.237 e. The SMILES string of the molecule is CC(C)CN(CC(=O)N1CCS[C@@H]1c1ccc(F)cc1)Cc1cc(F)cc(F)c1. The van der Waals surface area contributed by atoms with Crippen molar-refractivity contribution in [1.29, 1.82) is 0 Å². The topological polar surface area (TPSA) is 23.6 Å². The maximum Gasteiger partial charge on any atom is 0.237 e. The van der Waals surface area contributed by atoms with Crippen LogP contribution in [0.3, 0.4) is 0 Å². The molecule has 0 unspecified atom stereocenters. The van der Waals surface area contributed by atoms with Crippen LogP contribution in [0, 0.1) is 23.4 Å². The van der Waals surface area contributed by atoms with E-state index in [1.807, 2.05) is 18.7 Å². The minimum Gasteiger partial charge on any atom is -0.325 e. The summed E-state index contributed by atoms with van der Waals surface area (Å²) >= 11 is 1.65. The van der Waals surface area contributed by atoms with Crippen molar-refractivity contribution in [2.75, 3.05) is 25.4 Å². The molecule has 0 aliphatic carbocycles. The summed E-state index contributed by atoms with van der Waals surface area (Å²) in [7, 11) is 0. The maximum atomic E-state index is 13.6. The van der Waals surface area contributed by atoms with Gasteiger partial charge in [0.1, 0.15) is 22.8 Å². The largest absolute Gasteiger partial charge is 0.325 e. The number of benzene rings is 2. The van der Waals surface area contributed by atoms with Crippen LogP contribution in [0.2, 0.25) is 0 Å². The Kier molecular flexibility index (Phi) is 7.24. The fraction of sp³-hybridized carbons (Fsp3) is 0.409. The number of carbonyl (C=O) groups excluding carboxylic acids is 1. The van der Waals surface area contributed by atoms with E-state index < -0.39 is 11.6 Å². The van der Waals surface area contributed by atoms with Crippen LogP contribution in [0.25, 0.3) is 0 Å². The molecule has 156 valence electrons. The normalized spacial score (nSPS) is 16.8. The predicted octanol–water partition coefficient (Wildman–Crippen LogP) is 4.84. The van der Waals surface area contributed by atoms with Crippen molar-refractivity contribution in [1.82, 2.24) is 9.80 Å². The minimum atomic E-state index is -0.622. The van der Waals surface area contributed by atoms with Gasteiger partial charge in [-0.15, -0.1) is 11.8 Å². The maximum absolute atomic E-state index is 13.6. The Labute approximate surface area is 173 Å². The molecule has 2 aromatic carbocycles. The molecule has 1 aliphatic rings. The number of rotatable bonds is 7. The number of hydrogen-bond acceptors (Lipinski definition) is 3. The first-order valence-corrected chi connectivity index (χ1v) is 10.7. The third kappa shape index (κ3) is 6.00. The van der Waals surface area contributed by atoms with Gasteiger partial charge in [-0.25, -0.2) is 13.2 Å². The zero-order chi connectivity index (χ0) is 21.0. The van der Waals surface area contributed by atoms with Crippen LogP contribution in [0.5, 0.6) is 0 Å². The lowest BCUT2D eigenvalue weighted by Crippen LogP contribution is -2.41. The van der Waals surface area contributed by atoms with Crippen molar-refractivity contribution in [2.24, 2.45) is 5.92 Å². The summed E-state index contributed by atoms with van der Waals surface area (Å²) in [5, 5.41) is -0.143. The summed E-state index contributed by atoms with van der Waals surface area (Å²) in [6.45, 7) is 5.78. The van der Waals surface area contributed by atoms with Gasteiger partial charge in [0.25, 0.3) is 0 Å². The molecular weight excluding hydrogens is 397 g/mol. The Hall–Kier alpha value is -1.99. The Morgan fingerprint density at radius 3 is 2.38 bits per heavy atom. The molecule has 1 saturated heterocycles. The zero-order valence-electron chi connectivity index (χ0n) is 16.6. The van der Waals surface area contributed by atoms with Crippen LogP contribution in [0.4, 0.5) is 13.2 Å². The molecule has 3 nitrogen and oxygen atoms in total. The molecule has 0 N–H and O–H groups in total. The van der Waals surface area contributed by atoms with Gasteiger partial charge in [-0.3, -0.25) is 9.69 Å². The molecule has 1 heterocycles. The lowest BCUT2D eigenvalue weighted by molar-refractivity contribution is -0.132. The predicted molar refractivity (Wildman–Crippen MR) is 110 cm³/mol. The second-order valence-electron chi connectivity index (χ2n) is 7.70. The van der Waals surface area contributed by atoms with Crippen molar-refractivity contribution >= 4 is 17.7 Å². The molecule has 0 radical (unpaired) electrons. The monoisotopic (exact) mass is 422 g/mol. The van der Waals surface area contributed by atoms with Crippen LogP contribution in [0.15, 0.2) is 42.5 Å². The number of nitrogens with zero attached hydrogens (tertiary/aromatic N) is 2. The van der Waals surface area contributed by atoms with Gasteiger partial charge in [-0.05, 0) is 41.3 Å². The van der Waals surface area contributed by atoms with Gasteiger partial charge in [-0.1, -0.05) is 26.0 Å². The Morgan fingerprint density at radius 2 is 1.76 bits per heavy atom. The van der Waals surface area contributed by atoms with Crippen LogP contribution in [0.1, 0.15) is 30.3 Å². The summed E-state index contributed by atoms with van der Waals surface area (Å²) in [4.78, 5) is 16.8. The fourth-order valence-corrected chi connectivity index (χ4v) is 4.85. The lowest BCUT2D eigenvalue weighted by atomic mass is 10.1. The number of halogens is 3. The second kappa shape index (κ2) is 9.67. The van der Waals surface area contributed by atoms with Gasteiger partial charge < -0.3 is 4.90 Å². The van der Waals surface area contributed by atoms with Crippen molar-refractivity contribution in [2.45, 2.75) is 25.8 Å². The van der Waals surface area contributed by atoms with E-state index >= 15 is 0 Å². The number of thioether (sulfide) groups is 1. The molecule has 29 heavy (non-hydrogen) atoms. The molecule has 3 rings (SSSR count). The molecule has 0 aromatic heterocycles. The highest BCUT2D eigenvalue weighted by Gasteiger charge is 2.31. The molecule has 0 spiro atoms. The molecule has 0 saturated carbocycles. The molecule has 0 bridgehead atoms. The highest BCUT2D eigenvalue weighted by atomic mass is 32.2. The fourth-order valence-electron chi connectivity index (χ4n) is 3.57. The first-order valence-electron chi connectivity index (χ1n) is 9.65. The van der Waals surface area contributed by atoms with E-state index in [2.05, 4.69) is 0 Å². The van der Waals surface area contributed by atoms with E-state index in [1.54, 1.807) is 28.8 Å². The summed E-state index contributed by atoms with van der Waals surface area (Å²) in [6, 6.07) is 9.67. The van der Waals surface area contributed by atoms with E-state index in [0.717, 1.165) is 17.4 Å². The van der Waals surface area contributed by atoms with Crippen molar-refractivity contribution in [3.8, 4) is 0 Å². The first kappa shape index (κ1) is 21.7. The highest BCUT2D eigenvalue weighted by molar-refractivity contribution is 7.99. The summed E-state index contributed by atoms with van der Waals surface area (Å²) < 4.78 is 40.3. The van der Waals surface area contributed by atoms with Crippen LogP contribution in [-0.4, -0.2) is 41.1 Å². The molecule has 2 aromatic rings. The summed E-state index contributed by atoms with van der Waals surface area (Å²) in [5.74, 6) is -0.484. The second-order valence-corrected chi connectivity index (χ2v) is 8.89. The summed E-state index contributed by atoms with van der Waals surface area (Å²) in [5.41, 5.74) is 1.40. The molecule has 7 heteroatoms. The standard InChI is InChI=1S/C22H25F3N2OS/c1-15(2)12-26(13-16-9-19(24)11-20(25)10-16)14-21(28)27-7-8-29-22(27)17-3-5-18(23)6-4-17/h3-6,9-11,15,22H,7-8,12-14H2,1-2H3/t22-/m1/s1. The van der Waals surface area contributed by atoms with E-state index in [0.29, 0.717) is 31.1 Å². The average Bonchev–Trinajstić information content (AvgIpc) is 3.10. The molecule has 1 aliphatic heterocycles. The third-order valence-corrected chi connectivity index (χ3v) is 5.94. The van der Waals surface area contributed by atoms with Gasteiger partial charge in [0.05, 0.1) is 6.54 Å². The molecule has 1 fully saturated rings. The van der Waals surface area contributed by atoms with E-state index in [4.69, 9.17) is 0 Å². The van der Waals surface area contributed by atoms with Crippen molar-refractivity contribution in [3.05, 3.63) is 71.0 Å². The number of amides is 1. The van der Waals surface area contributed by atoms with Gasteiger partial charge >= 0.3 is 0 Å². The van der Waals surface area contributed by atoms with Gasteiger partial charge in [0, 0.05) is 31.5 Å². The van der Waals surface area contributed by atoms with E-state index in [9.17, 15) is 18.0 Å². The first-order chi connectivity index (χ1) is 13.8. The van der Waals surface area contributed by atoms with Crippen LogP contribution < -0.4 is 0 Å². The molecule has 1 amide bonds. The zero-order valence-corrected chi connectivity index (χ0v) is 17.4. The van der Waals surface area contributed by atoms with Crippen LogP contribution >= 0.6 is 11.8 Å². The van der Waals surface area contributed by atoms with Gasteiger partial charge in [-0.2, -0.15) is 0 Å². The minimum absolute atomic E-state index is 0.0400. The Bertz CT molecular complexity index is 824. The van der Waals surface area contributed by atoms with Gasteiger partial charge in [0.2, 0.25) is 5.91 Å². The molecule has 1 atom stereocenters. The Morgan fingerprint density at radius 1 is 1.10 bits per heavy atom. The molecular formula is C22H25F3N2OS. The van der Waals surface area contributed by atoms with E-state index in [1.165, 1.54) is 24.3 Å². The van der Waals surface area contributed by atoms with E-state index in [-0.39, 0.29) is 23.6 Å². The summed E-state index contributed by atoms with van der Waals surface area (Å²) in [6.07, 6.45) is 0. The number of hydrogen-bond donors (Lipinski definition) is 0. The van der Waals surface area contributed by atoms with Crippen molar-refractivity contribution in [3.63, 3.8) is 0 Å². The Balaban J connectivity index is 1.72. The quantitative estimate of drug-likeness (QED) is 0.638. The van der Waals surface area contributed by atoms with Gasteiger partial charge in [0.15, 0.2) is 0 Å². The van der Waals surface area contributed by atoms with Crippen LogP contribution in [-0.2, 0) is 11.3 Å². The highest BCUT2D eigenvalue weighted by Crippen LogP contribution is 2.38. The van der Waals surface area contributed by atoms with Crippen molar-refractivity contribution < 1.29 is 18.0 Å². The average molecular weight is 423 g/mol. The number of carbonyl (C=O) groups is 1.